The Kier molecular flexibility index (Phi) is 4.17. The van der Waals surface area contributed by atoms with Gasteiger partial charge in [-0.1, -0.05) is 37.6 Å². The zero-order valence-corrected chi connectivity index (χ0v) is 8.75. The Morgan fingerprint density at radius 2 is 2.07 bits per heavy atom. The number of rotatable bonds is 4. The van der Waals surface area contributed by atoms with Crippen molar-refractivity contribution >= 4 is 5.97 Å². The van der Waals surface area contributed by atoms with Crippen LogP contribution in [0.1, 0.15) is 31.4 Å². The Hall–Kier alpha value is -1.31. The molecule has 0 fully saturated rings. The third-order valence-corrected chi connectivity index (χ3v) is 1.97. The molecule has 0 unspecified atom stereocenters. The lowest BCUT2D eigenvalue weighted by Crippen LogP contribution is -1.99. The van der Waals surface area contributed by atoms with Crippen LogP contribution in [-0.4, -0.2) is 5.97 Å². The summed E-state index contributed by atoms with van der Waals surface area (Å²) in [7, 11) is 0. The van der Waals surface area contributed by atoms with E-state index in [2.05, 4.69) is 19.1 Å². The van der Waals surface area contributed by atoms with Gasteiger partial charge in [-0.25, -0.2) is 0 Å². The molecule has 2 nitrogen and oxygen atoms in total. The first-order valence-corrected chi connectivity index (χ1v) is 4.93. The molecule has 0 aliphatic rings. The van der Waals surface area contributed by atoms with Crippen molar-refractivity contribution in [3.8, 4) is 0 Å². The summed E-state index contributed by atoms with van der Waals surface area (Å²) in [6, 6.07) is 8.17. The molecule has 0 radical (unpaired) electrons. The average Bonchev–Trinajstić information content (AvgIpc) is 2.16. The van der Waals surface area contributed by atoms with Crippen molar-refractivity contribution in [3.05, 3.63) is 35.4 Å². The molecule has 0 aromatic heterocycles. The molecule has 0 bridgehead atoms. The molecule has 1 aromatic rings. The number of carbonyl (C=O) groups is 1. The molecule has 76 valence electrons. The number of hydrogen-bond donors (Lipinski definition) is 0. The van der Waals surface area contributed by atoms with Gasteiger partial charge in [-0.2, -0.15) is 0 Å². The molecule has 0 saturated heterocycles. The van der Waals surface area contributed by atoms with Crippen LogP contribution >= 0.6 is 0 Å². The van der Waals surface area contributed by atoms with Crippen LogP contribution in [0.3, 0.4) is 0 Å². The van der Waals surface area contributed by atoms with Gasteiger partial charge in [-0.15, -0.1) is 0 Å². The molecule has 2 heteroatoms. The number of hydrogen-bond acceptors (Lipinski definition) is 2. The van der Waals surface area contributed by atoms with Crippen LogP contribution in [0.5, 0.6) is 0 Å². The maximum absolute atomic E-state index is 10.6. The Morgan fingerprint density at radius 3 is 2.71 bits per heavy atom. The lowest BCUT2D eigenvalue weighted by Gasteiger charge is -2.04. The summed E-state index contributed by atoms with van der Waals surface area (Å²) in [6.45, 7) is 3.96. The predicted molar refractivity (Wildman–Crippen MR) is 55.9 cm³/mol. The third kappa shape index (κ3) is 3.60. The van der Waals surface area contributed by atoms with Crippen LogP contribution in [0.4, 0.5) is 0 Å². The quantitative estimate of drug-likeness (QED) is 0.685. The Balaban J connectivity index is 2.58. The van der Waals surface area contributed by atoms with Crippen molar-refractivity contribution in [1.29, 1.82) is 0 Å². The second kappa shape index (κ2) is 5.43. The molecule has 0 saturated carbocycles. The van der Waals surface area contributed by atoms with E-state index in [9.17, 15) is 4.79 Å². The van der Waals surface area contributed by atoms with E-state index in [1.165, 1.54) is 12.5 Å². The molecule has 1 rings (SSSR count). The van der Waals surface area contributed by atoms with E-state index in [1.807, 2.05) is 12.1 Å². The molecule has 0 aliphatic carbocycles. The highest BCUT2D eigenvalue weighted by Crippen LogP contribution is 2.08. The summed E-state index contributed by atoms with van der Waals surface area (Å²) in [5.74, 6) is -0.231. The van der Waals surface area contributed by atoms with Gasteiger partial charge in [-0.05, 0) is 17.5 Å². The standard InChI is InChI=1S/C12H16O2/c1-3-5-11-6-4-7-12(8-11)9-14-10(2)13/h4,6-8H,3,5,9H2,1-2H3. The lowest BCUT2D eigenvalue weighted by molar-refractivity contribution is -0.142. The van der Waals surface area contributed by atoms with Crippen molar-refractivity contribution in [2.24, 2.45) is 0 Å². The lowest BCUT2D eigenvalue weighted by atomic mass is 10.1. The van der Waals surface area contributed by atoms with Gasteiger partial charge in [0.05, 0.1) is 0 Å². The van der Waals surface area contributed by atoms with Gasteiger partial charge < -0.3 is 4.74 Å². The maximum atomic E-state index is 10.6. The summed E-state index contributed by atoms with van der Waals surface area (Å²) >= 11 is 0. The summed E-state index contributed by atoms with van der Waals surface area (Å²) in [6.07, 6.45) is 2.21. The zero-order valence-electron chi connectivity index (χ0n) is 8.75. The van der Waals surface area contributed by atoms with Crippen LogP contribution in [0.15, 0.2) is 24.3 Å². The first-order valence-electron chi connectivity index (χ1n) is 4.93. The highest BCUT2D eigenvalue weighted by Gasteiger charge is 1.97. The molecule has 0 amide bonds. The highest BCUT2D eigenvalue weighted by molar-refractivity contribution is 5.65. The van der Waals surface area contributed by atoms with Gasteiger partial charge >= 0.3 is 5.97 Å². The van der Waals surface area contributed by atoms with E-state index in [0.717, 1.165) is 18.4 Å². The molecule has 0 aliphatic heterocycles. The molecular weight excluding hydrogens is 176 g/mol. The van der Waals surface area contributed by atoms with Gasteiger partial charge in [0, 0.05) is 6.92 Å². The predicted octanol–water partition coefficient (Wildman–Crippen LogP) is 2.70. The Labute approximate surface area is 84.9 Å². The van der Waals surface area contributed by atoms with Gasteiger partial charge in [-0.3, -0.25) is 4.79 Å². The van der Waals surface area contributed by atoms with Crippen LogP contribution in [-0.2, 0) is 22.6 Å². The van der Waals surface area contributed by atoms with Crippen LogP contribution in [0.2, 0.25) is 0 Å². The van der Waals surface area contributed by atoms with Crippen molar-refractivity contribution < 1.29 is 9.53 Å². The molecule has 0 heterocycles. The largest absolute Gasteiger partial charge is 0.461 e. The number of carbonyl (C=O) groups excluding carboxylic acids is 1. The van der Waals surface area contributed by atoms with Crippen LogP contribution < -0.4 is 0 Å². The van der Waals surface area contributed by atoms with E-state index in [-0.39, 0.29) is 5.97 Å². The molecule has 0 N–H and O–H groups in total. The van der Waals surface area contributed by atoms with Crippen molar-refractivity contribution in [1.82, 2.24) is 0 Å². The molecule has 0 spiro atoms. The maximum Gasteiger partial charge on any atom is 0.302 e. The first-order chi connectivity index (χ1) is 6.72. The van der Waals surface area contributed by atoms with Crippen LogP contribution in [0, 0.1) is 0 Å². The number of benzene rings is 1. The van der Waals surface area contributed by atoms with Gasteiger partial charge in [0.2, 0.25) is 0 Å². The van der Waals surface area contributed by atoms with E-state index in [1.54, 1.807) is 0 Å². The number of aryl methyl sites for hydroxylation is 1. The SMILES string of the molecule is CCCc1cccc(COC(C)=O)c1. The van der Waals surface area contributed by atoms with E-state index in [4.69, 9.17) is 4.74 Å². The van der Waals surface area contributed by atoms with Gasteiger partial charge in [0.1, 0.15) is 6.61 Å². The molecule has 14 heavy (non-hydrogen) atoms. The second-order valence-electron chi connectivity index (χ2n) is 3.35. The Morgan fingerprint density at radius 1 is 1.36 bits per heavy atom. The Bertz CT molecular complexity index is 305. The fourth-order valence-corrected chi connectivity index (χ4v) is 1.35. The smallest absolute Gasteiger partial charge is 0.302 e. The molecular formula is C12H16O2. The van der Waals surface area contributed by atoms with Crippen molar-refractivity contribution in [3.63, 3.8) is 0 Å². The summed E-state index contributed by atoms with van der Waals surface area (Å²) in [5.41, 5.74) is 2.36. The third-order valence-electron chi connectivity index (χ3n) is 1.97. The number of ether oxygens (including phenoxy) is 1. The van der Waals surface area contributed by atoms with Crippen molar-refractivity contribution in [2.45, 2.75) is 33.3 Å². The number of esters is 1. The van der Waals surface area contributed by atoms with Crippen LogP contribution in [0.25, 0.3) is 0 Å². The molecule has 1 aromatic carbocycles. The average molecular weight is 192 g/mol. The first kappa shape index (κ1) is 10.8. The minimum Gasteiger partial charge on any atom is -0.461 e. The minimum absolute atomic E-state index is 0.231. The highest BCUT2D eigenvalue weighted by atomic mass is 16.5. The summed E-state index contributed by atoms with van der Waals surface area (Å²) < 4.78 is 4.92. The minimum atomic E-state index is -0.231. The summed E-state index contributed by atoms with van der Waals surface area (Å²) in [4.78, 5) is 10.6. The zero-order chi connectivity index (χ0) is 10.4. The second-order valence-corrected chi connectivity index (χ2v) is 3.35. The van der Waals surface area contributed by atoms with E-state index in [0.29, 0.717) is 6.61 Å². The fourth-order valence-electron chi connectivity index (χ4n) is 1.35. The van der Waals surface area contributed by atoms with Gasteiger partial charge in [0.15, 0.2) is 0 Å². The van der Waals surface area contributed by atoms with Gasteiger partial charge in [0.25, 0.3) is 0 Å². The fraction of sp³-hybridized carbons (Fsp3) is 0.417. The van der Waals surface area contributed by atoms with E-state index < -0.39 is 0 Å². The topological polar surface area (TPSA) is 26.3 Å². The summed E-state index contributed by atoms with van der Waals surface area (Å²) in [5, 5.41) is 0. The monoisotopic (exact) mass is 192 g/mol. The van der Waals surface area contributed by atoms with E-state index >= 15 is 0 Å². The normalized spacial score (nSPS) is 9.86. The molecule has 0 atom stereocenters. The van der Waals surface area contributed by atoms with Crippen molar-refractivity contribution in [2.75, 3.05) is 0 Å².